The topological polar surface area (TPSA) is 57.6 Å². The molecule has 0 radical (unpaired) electrons. The normalized spacial score (nSPS) is 10.3. The van der Waals surface area contributed by atoms with Crippen molar-refractivity contribution in [3.8, 4) is 11.8 Å². The summed E-state index contributed by atoms with van der Waals surface area (Å²) in [6.45, 7) is 2.55. The van der Waals surface area contributed by atoms with E-state index < -0.39 is 11.9 Å². The van der Waals surface area contributed by atoms with Gasteiger partial charge in [-0.2, -0.15) is 0 Å². The van der Waals surface area contributed by atoms with Gasteiger partial charge in [-0.05, 0) is 65.9 Å². The number of carbonyl (C=O) groups excluding carboxylic acids is 1. The van der Waals surface area contributed by atoms with Crippen LogP contribution in [0, 0.1) is 11.8 Å². The molecule has 0 saturated carbocycles. The van der Waals surface area contributed by atoms with E-state index in [2.05, 4.69) is 43.0 Å². The summed E-state index contributed by atoms with van der Waals surface area (Å²) >= 11 is 6.03. The lowest BCUT2D eigenvalue weighted by Crippen LogP contribution is -2.35. The number of nitrogens with zero attached hydrogens (tertiary/aromatic N) is 1. The second kappa shape index (κ2) is 13.4. The fraction of sp³-hybridized carbons (Fsp3) is 0.267. The first-order valence-electron chi connectivity index (χ1n) is 11.9. The maximum atomic E-state index is 12.2. The summed E-state index contributed by atoms with van der Waals surface area (Å²) in [6, 6.07) is 22.9. The molecule has 0 bridgehead atoms. The summed E-state index contributed by atoms with van der Waals surface area (Å²) in [5.74, 6) is 3.92. The van der Waals surface area contributed by atoms with Crippen LogP contribution in [-0.2, 0) is 29.1 Å². The van der Waals surface area contributed by atoms with Crippen LogP contribution in [0.4, 0.5) is 0 Å². The quantitative estimate of drug-likeness (QED) is 0.213. The monoisotopic (exact) mass is 487 g/mol. The van der Waals surface area contributed by atoms with E-state index in [4.69, 9.17) is 11.6 Å². The van der Waals surface area contributed by atoms with Gasteiger partial charge in [-0.1, -0.05) is 86.0 Å². The van der Waals surface area contributed by atoms with Crippen LogP contribution in [-0.4, -0.2) is 21.9 Å². The van der Waals surface area contributed by atoms with Crippen molar-refractivity contribution in [2.75, 3.05) is 0 Å². The van der Waals surface area contributed by atoms with Crippen LogP contribution in [0.2, 0.25) is 5.02 Å². The Morgan fingerprint density at radius 1 is 0.800 bits per heavy atom. The molecule has 3 rings (SSSR count). The Labute approximate surface area is 212 Å². The van der Waals surface area contributed by atoms with Gasteiger partial charge in [0, 0.05) is 29.2 Å². The van der Waals surface area contributed by atoms with Crippen molar-refractivity contribution in [1.29, 1.82) is 0 Å². The average molecular weight is 488 g/mol. The van der Waals surface area contributed by atoms with Crippen LogP contribution < -0.4 is 0 Å². The summed E-state index contributed by atoms with van der Waals surface area (Å²) in [6.07, 6.45) is 6.14. The smallest absolute Gasteiger partial charge is 0.394 e. The van der Waals surface area contributed by atoms with Gasteiger partial charge in [0.1, 0.15) is 0 Å². The molecule has 0 aliphatic carbocycles. The van der Waals surface area contributed by atoms with Gasteiger partial charge in [0.05, 0.1) is 0 Å². The molecule has 3 aromatic rings. The fourth-order valence-corrected chi connectivity index (χ4v) is 3.97. The highest BCUT2D eigenvalue weighted by atomic mass is 35.5. The number of carboxylic acids is 1. The highest BCUT2D eigenvalue weighted by Gasteiger charge is 2.21. The minimum Gasteiger partial charge on any atom is -0.474 e. The Hall–Kier alpha value is -3.55. The lowest BCUT2D eigenvalue weighted by molar-refractivity contribution is -0.156. The highest BCUT2D eigenvalue weighted by molar-refractivity contribution is 6.31. The van der Waals surface area contributed by atoms with Crippen molar-refractivity contribution >= 4 is 23.5 Å². The molecule has 1 amide bonds. The van der Waals surface area contributed by atoms with Crippen molar-refractivity contribution in [3.05, 3.63) is 106 Å². The minimum absolute atomic E-state index is 0.155. The maximum Gasteiger partial charge on any atom is 0.394 e. The Kier molecular flexibility index (Phi) is 9.95. The van der Waals surface area contributed by atoms with E-state index in [0.29, 0.717) is 5.02 Å². The second-order valence-electron chi connectivity index (χ2n) is 8.55. The minimum atomic E-state index is -1.48. The summed E-state index contributed by atoms with van der Waals surface area (Å²) in [5.41, 5.74) is 4.74. The molecule has 0 aliphatic rings. The van der Waals surface area contributed by atoms with Crippen LogP contribution in [0.1, 0.15) is 60.4 Å². The molecule has 0 atom stereocenters. The number of carbonyl (C=O) groups is 2. The average Bonchev–Trinajstić information content (AvgIpc) is 2.86. The first kappa shape index (κ1) is 26.1. The van der Waals surface area contributed by atoms with Crippen LogP contribution in [0.3, 0.4) is 0 Å². The molecule has 5 heteroatoms. The number of aliphatic carboxylic acids is 1. The third-order valence-corrected chi connectivity index (χ3v) is 5.92. The van der Waals surface area contributed by atoms with E-state index in [1.165, 1.54) is 36.1 Å². The molecule has 0 fully saturated rings. The zero-order valence-electron chi connectivity index (χ0n) is 20.0. The molecule has 180 valence electrons. The third-order valence-electron chi connectivity index (χ3n) is 5.68. The molecule has 1 N–H and O–H groups in total. The number of unbranched alkanes of at least 4 members (excludes halogenated alkanes) is 3. The van der Waals surface area contributed by atoms with E-state index in [-0.39, 0.29) is 13.1 Å². The molecule has 3 aromatic carbocycles. The van der Waals surface area contributed by atoms with E-state index in [1.54, 1.807) is 18.2 Å². The third kappa shape index (κ3) is 8.63. The zero-order valence-corrected chi connectivity index (χ0v) is 20.7. The van der Waals surface area contributed by atoms with Crippen LogP contribution in [0.5, 0.6) is 0 Å². The van der Waals surface area contributed by atoms with Gasteiger partial charge in [-0.3, -0.25) is 4.79 Å². The van der Waals surface area contributed by atoms with Crippen LogP contribution >= 0.6 is 11.6 Å². The first-order chi connectivity index (χ1) is 16.9. The predicted octanol–water partition coefficient (Wildman–Crippen LogP) is 6.48. The number of benzene rings is 3. The van der Waals surface area contributed by atoms with Crippen molar-refractivity contribution < 1.29 is 14.7 Å². The standard InChI is InChI=1S/C30H30ClNO3/c1-2-3-4-5-7-23-10-12-24(13-11-23)14-15-25-16-18-26(19-17-25)21-32(29(33)30(34)35)22-27-8-6-9-28(31)20-27/h6,8-13,16-20H,2-5,7,21-22H2,1H3,(H,34,35). The molecular formula is C30H30ClNO3. The van der Waals surface area contributed by atoms with Crippen LogP contribution in [0.15, 0.2) is 72.8 Å². The Morgan fingerprint density at radius 3 is 1.97 bits per heavy atom. The predicted molar refractivity (Wildman–Crippen MR) is 140 cm³/mol. The SMILES string of the molecule is CCCCCCc1ccc(C#Cc2ccc(CN(Cc3cccc(Cl)c3)C(=O)C(=O)O)cc2)cc1. The van der Waals surface area contributed by atoms with Gasteiger partial charge < -0.3 is 10.0 Å². The largest absolute Gasteiger partial charge is 0.474 e. The molecule has 0 heterocycles. The molecule has 4 nitrogen and oxygen atoms in total. The maximum absolute atomic E-state index is 12.2. The van der Waals surface area contributed by atoms with E-state index >= 15 is 0 Å². The number of rotatable bonds is 9. The van der Waals surface area contributed by atoms with Gasteiger partial charge >= 0.3 is 11.9 Å². The van der Waals surface area contributed by atoms with Crippen LogP contribution in [0.25, 0.3) is 0 Å². The summed E-state index contributed by atoms with van der Waals surface area (Å²) in [7, 11) is 0. The number of carboxylic acid groups (broad SMARTS) is 1. The Morgan fingerprint density at radius 2 is 1.40 bits per heavy atom. The molecule has 35 heavy (non-hydrogen) atoms. The zero-order chi connectivity index (χ0) is 25.0. The van der Waals surface area contributed by atoms with Crippen molar-refractivity contribution in [3.63, 3.8) is 0 Å². The number of amides is 1. The Balaban J connectivity index is 1.63. The molecule has 0 unspecified atom stereocenters. The van der Waals surface area contributed by atoms with Gasteiger partial charge in [0.25, 0.3) is 0 Å². The molecule has 0 spiro atoms. The summed E-state index contributed by atoms with van der Waals surface area (Å²) in [5, 5.41) is 9.77. The first-order valence-corrected chi connectivity index (χ1v) is 12.3. The van der Waals surface area contributed by atoms with Gasteiger partial charge in [-0.25, -0.2) is 4.79 Å². The molecule has 0 saturated heterocycles. The molecular weight excluding hydrogens is 458 g/mol. The van der Waals surface area contributed by atoms with Crippen molar-refractivity contribution in [2.45, 2.75) is 52.1 Å². The second-order valence-corrected chi connectivity index (χ2v) is 8.99. The van der Waals surface area contributed by atoms with Crippen molar-refractivity contribution in [2.24, 2.45) is 0 Å². The van der Waals surface area contributed by atoms with E-state index in [9.17, 15) is 14.7 Å². The lowest BCUT2D eigenvalue weighted by Gasteiger charge is -2.21. The lowest BCUT2D eigenvalue weighted by atomic mass is 10.0. The number of hydrogen-bond donors (Lipinski definition) is 1. The molecule has 0 aromatic heterocycles. The highest BCUT2D eigenvalue weighted by Crippen LogP contribution is 2.16. The van der Waals surface area contributed by atoms with Gasteiger partial charge in [-0.15, -0.1) is 0 Å². The van der Waals surface area contributed by atoms with Gasteiger partial charge in [0.15, 0.2) is 0 Å². The summed E-state index contributed by atoms with van der Waals surface area (Å²) < 4.78 is 0. The summed E-state index contributed by atoms with van der Waals surface area (Å²) in [4.78, 5) is 24.9. The van der Waals surface area contributed by atoms with Crippen molar-refractivity contribution in [1.82, 2.24) is 4.90 Å². The molecule has 0 aliphatic heterocycles. The number of aryl methyl sites for hydroxylation is 1. The fourth-order valence-electron chi connectivity index (χ4n) is 3.76. The van der Waals surface area contributed by atoms with Gasteiger partial charge in [0.2, 0.25) is 0 Å². The Bertz CT molecular complexity index is 1190. The number of halogens is 1. The van der Waals surface area contributed by atoms with E-state index in [1.807, 2.05) is 30.3 Å². The van der Waals surface area contributed by atoms with E-state index in [0.717, 1.165) is 28.7 Å². The number of hydrogen-bond acceptors (Lipinski definition) is 2.